The van der Waals surface area contributed by atoms with Crippen molar-refractivity contribution >= 4 is 37.3 Å². The molecule has 4 amide bonds. The van der Waals surface area contributed by atoms with E-state index in [0.29, 0.717) is 41.2 Å². The lowest BCUT2D eigenvalue weighted by Crippen LogP contribution is -2.63. The van der Waals surface area contributed by atoms with Gasteiger partial charge in [-0.25, -0.2) is 9.18 Å². The van der Waals surface area contributed by atoms with E-state index in [9.17, 15) is 23.6 Å². The van der Waals surface area contributed by atoms with Gasteiger partial charge in [0, 0.05) is 55.0 Å². The zero-order valence-corrected chi connectivity index (χ0v) is 21.3. The lowest BCUT2D eigenvalue weighted by molar-refractivity contribution is -0.138. The molecule has 3 heterocycles. The van der Waals surface area contributed by atoms with Gasteiger partial charge in [-0.15, -0.1) is 0 Å². The number of hydrogen-bond donors (Lipinski definition) is 2. The minimum Gasteiger partial charge on any atom is -0.490 e. The summed E-state index contributed by atoms with van der Waals surface area (Å²) in [6.45, 7) is 1.78. The molecular formula is C27H28BFN4O6. The van der Waals surface area contributed by atoms with Crippen LogP contribution in [-0.2, 0) is 27.4 Å². The molecule has 202 valence electrons. The van der Waals surface area contributed by atoms with Gasteiger partial charge in [-0.3, -0.25) is 19.7 Å². The van der Waals surface area contributed by atoms with Gasteiger partial charge in [-0.05, 0) is 49.6 Å². The van der Waals surface area contributed by atoms with Crippen LogP contribution in [0.2, 0.25) is 0 Å². The molecule has 0 bridgehead atoms. The molecule has 0 aliphatic carbocycles. The van der Waals surface area contributed by atoms with E-state index >= 15 is 0 Å². The fraction of sp³-hybridized carbons (Fsp3) is 0.407. The van der Waals surface area contributed by atoms with Crippen molar-refractivity contribution in [2.24, 2.45) is 0 Å². The lowest BCUT2D eigenvalue weighted by Gasteiger charge is -2.40. The van der Waals surface area contributed by atoms with Crippen LogP contribution >= 0.6 is 0 Å². The van der Waals surface area contributed by atoms with E-state index in [1.165, 1.54) is 17.0 Å². The fourth-order valence-corrected chi connectivity index (χ4v) is 5.04. The van der Waals surface area contributed by atoms with E-state index in [2.05, 4.69) is 10.6 Å². The number of imide groups is 1. The fourth-order valence-electron chi connectivity index (χ4n) is 5.04. The molecule has 2 radical (unpaired) electrons. The van der Waals surface area contributed by atoms with E-state index in [-0.39, 0.29) is 45.2 Å². The highest BCUT2D eigenvalue weighted by Gasteiger charge is 2.48. The maximum atomic E-state index is 14.6. The topological polar surface area (TPSA) is 117 Å². The van der Waals surface area contributed by atoms with Gasteiger partial charge in [0.25, 0.3) is 5.91 Å². The molecule has 5 rings (SSSR count). The van der Waals surface area contributed by atoms with Gasteiger partial charge in [0.1, 0.15) is 32.6 Å². The monoisotopic (exact) mass is 534 g/mol. The first-order valence-electron chi connectivity index (χ1n) is 12.9. The molecule has 2 saturated heterocycles. The number of rotatable bonds is 8. The maximum Gasteiger partial charge on any atom is 0.409 e. The smallest absolute Gasteiger partial charge is 0.409 e. The van der Waals surface area contributed by atoms with Gasteiger partial charge in [0.05, 0.1) is 5.44 Å². The molecule has 0 saturated carbocycles. The molecule has 2 N–H and O–H groups in total. The number of piperidine rings is 1. The SMILES string of the molecule is [B]C1(N2Cc3c(NCc4cc(OCCOC(=O)N5CCCC5)ccc4F)cccc3C2=O)CCC(=O)NC1=O. The number of fused-ring (bicyclic) bond motifs is 1. The van der Waals surface area contributed by atoms with Crippen molar-refractivity contribution < 1.29 is 33.0 Å². The summed E-state index contributed by atoms with van der Waals surface area (Å²) in [5.74, 6) is -1.56. The van der Waals surface area contributed by atoms with Crippen LogP contribution < -0.4 is 15.4 Å². The Bertz CT molecular complexity index is 1320. The van der Waals surface area contributed by atoms with Crippen LogP contribution in [0, 0.1) is 5.82 Å². The van der Waals surface area contributed by atoms with E-state index in [0.717, 1.165) is 12.8 Å². The number of hydrogen-bond acceptors (Lipinski definition) is 7. The number of anilines is 1. The number of carbonyl (C=O) groups excluding carboxylic acids is 4. The van der Waals surface area contributed by atoms with E-state index in [1.54, 1.807) is 29.2 Å². The minimum atomic E-state index is -1.64. The number of nitrogens with zero attached hydrogens (tertiary/aromatic N) is 2. The Labute approximate surface area is 226 Å². The summed E-state index contributed by atoms with van der Waals surface area (Å²) in [7, 11) is 6.32. The van der Waals surface area contributed by atoms with Gasteiger partial charge in [-0.2, -0.15) is 0 Å². The van der Waals surface area contributed by atoms with Crippen molar-refractivity contribution in [3.63, 3.8) is 0 Å². The van der Waals surface area contributed by atoms with Gasteiger partial charge < -0.3 is 24.6 Å². The van der Waals surface area contributed by atoms with Crippen LogP contribution in [0.4, 0.5) is 14.9 Å². The molecule has 2 fully saturated rings. The minimum absolute atomic E-state index is 0.0234. The molecule has 10 nitrogen and oxygen atoms in total. The largest absolute Gasteiger partial charge is 0.490 e. The van der Waals surface area contributed by atoms with E-state index in [1.807, 2.05) is 0 Å². The molecule has 12 heteroatoms. The van der Waals surface area contributed by atoms with Crippen molar-refractivity contribution in [3.05, 3.63) is 58.9 Å². The van der Waals surface area contributed by atoms with Gasteiger partial charge >= 0.3 is 6.09 Å². The Hall–Kier alpha value is -4.09. The number of carbonyl (C=O) groups is 4. The Morgan fingerprint density at radius 2 is 1.92 bits per heavy atom. The number of amides is 4. The van der Waals surface area contributed by atoms with Gasteiger partial charge in [0.2, 0.25) is 11.8 Å². The normalized spacial score (nSPS) is 20.6. The predicted octanol–water partition coefficient (Wildman–Crippen LogP) is 2.31. The van der Waals surface area contributed by atoms with Crippen molar-refractivity contribution in [1.29, 1.82) is 0 Å². The third-order valence-corrected chi connectivity index (χ3v) is 7.26. The Kier molecular flexibility index (Phi) is 7.45. The van der Waals surface area contributed by atoms with Crippen LogP contribution in [-0.4, -0.2) is 73.2 Å². The Morgan fingerprint density at radius 1 is 1.13 bits per heavy atom. The van der Waals surface area contributed by atoms with Crippen LogP contribution in [0.25, 0.3) is 0 Å². The summed E-state index contributed by atoms with van der Waals surface area (Å²) in [5, 5.41) is 5.38. The van der Waals surface area contributed by atoms with Crippen molar-refractivity contribution in [2.45, 2.75) is 44.2 Å². The summed E-state index contributed by atoms with van der Waals surface area (Å²) in [6, 6.07) is 9.45. The highest BCUT2D eigenvalue weighted by atomic mass is 19.1. The first kappa shape index (κ1) is 26.5. The van der Waals surface area contributed by atoms with Gasteiger partial charge in [0.15, 0.2) is 0 Å². The Morgan fingerprint density at radius 3 is 2.69 bits per heavy atom. The molecule has 2 aromatic rings. The lowest BCUT2D eigenvalue weighted by atomic mass is 9.70. The van der Waals surface area contributed by atoms with Crippen molar-refractivity contribution in [3.8, 4) is 5.75 Å². The second-order valence-corrected chi connectivity index (χ2v) is 9.79. The molecule has 1 unspecified atom stereocenters. The van der Waals surface area contributed by atoms with Crippen LogP contribution in [0.15, 0.2) is 36.4 Å². The average molecular weight is 534 g/mol. The van der Waals surface area contributed by atoms with E-state index < -0.39 is 29.0 Å². The third-order valence-electron chi connectivity index (χ3n) is 7.26. The summed E-state index contributed by atoms with van der Waals surface area (Å²) >= 11 is 0. The van der Waals surface area contributed by atoms with Crippen molar-refractivity contribution in [2.75, 3.05) is 31.6 Å². The molecule has 1 atom stereocenters. The second kappa shape index (κ2) is 11.0. The second-order valence-electron chi connectivity index (χ2n) is 9.79. The molecule has 0 spiro atoms. The van der Waals surface area contributed by atoms with Gasteiger partial charge in [-0.1, -0.05) is 6.07 Å². The molecular weight excluding hydrogens is 506 g/mol. The molecule has 3 aliphatic heterocycles. The quantitative estimate of drug-likeness (QED) is 0.303. The van der Waals surface area contributed by atoms with Crippen molar-refractivity contribution in [1.82, 2.24) is 15.1 Å². The van der Waals surface area contributed by atoms with Crippen LogP contribution in [0.3, 0.4) is 0 Å². The third kappa shape index (κ3) is 5.41. The summed E-state index contributed by atoms with van der Waals surface area (Å²) in [5.41, 5.74) is 0.307. The summed E-state index contributed by atoms with van der Waals surface area (Å²) in [4.78, 5) is 52.1. The van der Waals surface area contributed by atoms with Crippen LogP contribution in [0.1, 0.15) is 47.2 Å². The Balaban J connectivity index is 1.21. The highest BCUT2D eigenvalue weighted by molar-refractivity contribution is 6.32. The number of benzene rings is 2. The summed E-state index contributed by atoms with van der Waals surface area (Å²) in [6.07, 6.45) is 1.66. The molecule has 2 aromatic carbocycles. The molecule has 39 heavy (non-hydrogen) atoms. The standard InChI is InChI=1S/C27H28BFN4O6/c28-27(9-8-23(34)31-25(27)36)33-16-20-19(24(33)35)4-3-5-22(20)30-15-17-14-18(6-7-21(17)29)38-12-13-39-26(37)32-10-1-2-11-32/h3-7,14,30H,1-2,8-13,15-16H2,(H,31,34,36). The predicted molar refractivity (Wildman–Crippen MR) is 139 cm³/mol. The first-order valence-corrected chi connectivity index (χ1v) is 12.9. The molecule has 0 aromatic heterocycles. The number of ether oxygens (including phenoxy) is 2. The maximum absolute atomic E-state index is 14.6. The number of likely N-dealkylation sites (tertiary alicyclic amines) is 1. The zero-order chi connectivity index (χ0) is 27.6. The average Bonchev–Trinajstić information content (AvgIpc) is 3.58. The van der Waals surface area contributed by atoms with E-state index in [4.69, 9.17) is 17.3 Å². The van der Waals surface area contributed by atoms with Crippen LogP contribution in [0.5, 0.6) is 5.75 Å². The number of nitrogens with one attached hydrogen (secondary N) is 2. The molecule has 3 aliphatic rings. The first-order chi connectivity index (χ1) is 18.8. The zero-order valence-electron chi connectivity index (χ0n) is 21.3. The summed E-state index contributed by atoms with van der Waals surface area (Å²) < 4.78 is 25.5. The highest BCUT2D eigenvalue weighted by Crippen LogP contribution is 2.36. The number of halogens is 1.